The zero-order valence-electron chi connectivity index (χ0n) is 15.6. The van der Waals surface area contributed by atoms with Crippen molar-refractivity contribution in [3.63, 3.8) is 0 Å². The van der Waals surface area contributed by atoms with Crippen molar-refractivity contribution in [2.75, 3.05) is 6.54 Å². The van der Waals surface area contributed by atoms with E-state index in [1.807, 2.05) is 54.7 Å². The number of benzene rings is 2. The van der Waals surface area contributed by atoms with E-state index >= 15 is 0 Å². The number of carbonyl (C=O) groups excluding carboxylic acids is 1. The van der Waals surface area contributed by atoms with Crippen LogP contribution in [0.3, 0.4) is 0 Å². The molecule has 0 radical (unpaired) electrons. The van der Waals surface area contributed by atoms with E-state index in [0.29, 0.717) is 18.2 Å². The molecular formula is C23H22N4O. The Hall–Kier alpha value is -3.34. The van der Waals surface area contributed by atoms with Gasteiger partial charge in [0.25, 0.3) is 5.91 Å². The van der Waals surface area contributed by atoms with Crippen molar-refractivity contribution < 1.29 is 4.79 Å². The van der Waals surface area contributed by atoms with Gasteiger partial charge in [0.2, 0.25) is 0 Å². The van der Waals surface area contributed by atoms with E-state index < -0.39 is 0 Å². The quantitative estimate of drug-likeness (QED) is 0.534. The van der Waals surface area contributed by atoms with E-state index in [9.17, 15) is 4.79 Å². The number of nitrogens with one attached hydrogen (secondary N) is 2. The van der Waals surface area contributed by atoms with Crippen LogP contribution in [0.15, 0.2) is 66.9 Å². The van der Waals surface area contributed by atoms with E-state index in [4.69, 9.17) is 5.10 Å². The van der Waals surface area contributed by atoms with E-state index in [0.717, 1.165) is 36.2 Å². The Morgan fingerprint density at radius 2 is 1.89 bits per heavy atom. The standard InChI is InChI=1S/C23H22N4O/c28-23(24-13-12-17-15-25-20-9-5-4-8-19(17)20)22-14-21(16-10-11-16)26-27(22)18-6-2-1-3-7-18/h1-9,14-16,25H,10-13H2,(H,24,28). The number of aromatic amines is 1. The summed E-state index contributed by atoms with van der Waals surface area (Å²) in [5.74, 6) is 0.422. The summed E-state index contributed by atoms with van der Waals surface area (Å²) in [6.45, 7) is 0.583. The lowest BCUT2D eigenvalue weighted by Crippen LogP contribution is -2.27. The number of hydrogen-bond donors (Lipinski definition) is 2. The van der Waals surface area contributed by atoms with Gasteiger partial charge in [0.1, 0.15) is 5.69 Å². The molecule has 0 spiro atoms. The molecule has 0 aliphatic heterocycles. The highest BCUT2D eigenvalue weighted by Crippen LogP contribution is 2.39. The maximum atomic E-state index is 12.9. The van der Waals surface area contributed by atoms with Crippen LogP contribution in [-0.2, 0) is 6.42 Å². The van der Waals surface area contributed by atoms with Crippen molar-refractivity contribution >= 4 is 16.8 Å². The molecule has 1 fully saturated rings. The smallest absolute Gasteiger partial charge is 0.270 e. The van der Waals surface area contributed by atoms with Gasteiger partial charge in [-0.15, -0.1) is 0 Å². The molecule has 1 aliphatic rings. The first kappa shape index (κ1) is 16.8. The number of H-pyrrole nitrogens is 1. The van der Waals surface area contributed by atoms with Gasteiger partial charge in [-0.2, -0.15) is 5.10 Å². The molecule has 1 aliphatic carbocycles. The average molecular weight is 370 g/mol. The Bertz CT molecular complexity index is 1120. The van der Waals surface area contributed by atoms with Crippen molar-refractivity contribution in [3.05, 3.63) is 83.8 Å². The van der Waals surface area contributed by atoms with Crippen LogP contribution in [0.2, 0.25) is 0 Å². The molecule has 2 aromatic heterocycles. The van der Waals surface area contributed by atoms with E-state index in [1.165, 1.54) is 10.9 Å². The molecular weight excluding hydrogens is 348 g/mol. The lowest BCUT2D eigenvalue weighted by molar-refractivity contribution is 0.0946. The van der Waals surface area contributed by atoms with Gasteiger partial charge in [0, 0.05) is 29.6 Å². The minimum Gasteiger partial charge on any atom is -0.361 e. The minimum atomic E-state index is -0.0805. The van der Waals surface area contributed by atoms with Crippen LogP contribution in [0.4, 0.5) is 0 Å². The van der Waals surface area contributed by atoms with Gasteiger partial charge in [0.05, 0.1) is 11.4 Å². The van der Waals surface area contributed by atoms with Crippen LogP contribution >= 0.6 is 0 Å². The highest BCUT2D eigenvalue weighted by Gasteiger charge is 2.29. The van der Waals surface area contributed by atoms with E-state index in [1.54, 1.807) is 4.68 Å². The van der Waals surface area contributed by atoms with Crippen LogP contribution in [0.5, 0.6) is 0 Å². The normalized spacial score (nSPS) is 13.7. The van der Waals surface area contributed by atoms with Crippen molar-refractivity contribution in [2.45, 2.75) is 25.2 Å². The monoisotopic (exact) mass is 370 g/mol. The molecule has 0 unspecified atom stereocenters. The Kier molecular flexibility index (Phi) is 4.20. The Labute approximate surface area is 163 Å². The summed E-state index contributed by atoms with van der Waals surface area (Å²) in [6.07, 6.45) is 5.13. The molecule has 5 nitrogen and oxygen atoms in total. The zero-order valence-corrected chi connectivity index (χ0v) is 15.6. The van der Waals surface area contributed by atoms with Gasteiger partial charge in [0.15, 0.2) is 0 Å². The third kappa shape index (κ3) is 3.20. The lowest BCUT2D eigenvalue weighted by atomic mass is 10.1. The third-order valence-corrected chi connectivity index (χ3v) is 5.31. The molecule has 1 saturated carbocycles. The number of nitrogens with zero attached hydrogens (tertiary/aromatic N) is 2. The summed E-state index contributed by atoms with van der Waals surface area (Å²) in [5, 5.41) is 8.99. The van der Waals surface area contributed by atoms with Crippen molar-refractivity contribution in [2.24, 2.45) is 0 Å². The number of rotatable bonds is 6. The third-order valence-electron chi connectivity index (χ3n) is 5.31. The van der Waals surface area contributed by atoms with Gasteiger partial charge < -0.3 is 10.3 Å². The first-order chi connectivity index (χ1) is 13.8. The van der Waals surface area contributed by atoms with Crippen molar-refractivity contribution in [3.8, 4) is 5.69 Å². The van der Waals surface area contributed by atoms with Gasteiger partial charge >= 0.3 is 0 Å². The first-order valence-electron chi connectivity index (χ1n) is 9.78. The first-order valence-corrected chi connectivity index (χ1v) is 9.78. The molecule has 140 valence electrons. The van der Waals surface area contributed by atoms with Crippen molar-refractivity contribution in [1.82, 2.24) is 20.1 Å². The summed E-state index contributed by atoms with van der Waals surface area (Å²) in [6, 6.07) is 20.0. The van der Waals surface area contributed by atoms with Gasteiger partial charge in [-0.25, -0.2) is 4.68 Å². The SMILES string of the molecule is O=C(NCCc1c[nH]c2ccccc12)c1cc(C2CC2)nn1-c1ccccc1. The lowest BCUT2D eigenvalue weighted by Gasteiger charge is -2.08. The molecule has 0 atom stereocenters. The zero-order chi connectivity index (χ0) is 18.9. The predicted octanol–water partition coefficient (Wildman–Crippen LogP) is 4.20. The Morgan fingerprint density at radius 1 is 1.11 bits per heavy atom. The van der Waals surface area contributed by atoms with Crippen LogP contribution in [0.25, 0.3) is 16.6 Å². The molecule has 1 amide bonds. The summed E-state index contributed by atoms with van der Waals surface area (Å²) in [4.78, 5) is 16.2. The van der Waals surface area contributed by atoms with Crippen LogP contribution < -0.4 is 5.32 Å². The molecule has 5 rings (SSSR count). The fourth-order valence-electron chi connectivity index (χ4n) is 3.65. The predicted molar refractivity (Wildman–Crippen MR) is 110 cm³/mol. The number of para-hydroxylation sites is 2. The second kappa shape index (κ2) is 7.00. The number of hydrogen-bond acceptors (Lipinski definition) is 2. The van der Waals surface area contributed by atoms with Crippen LogP contribution in [0.1, 0.15) is 40.5 Å². The molecule has 0 saturated heterocycles. The van der Waals surface area contributed by atoms with Gasteiger partial charge in [-0.05, 0) is 49.1 Å². The van der Waals surface area contributed by atoms with Gasteiger partial charge in [-0.3, -0.25) is 4.79 Å². The minimum absolute atomic E-state index is 0.0805. The maximum absolute atomic E-state index is 12.9. The van der Waals surface area contributed by atoms with Crippen LogP contribution in [-0.4, -0.2) is 27.2 Å². The summed E-state index contributed by atoms with van der Waals surface area (Å²) >= 11 is 0. The molecule has 2 aromatic carbocycles. The highest BCUT2D eigenvalue weighted by molar-refractivity contribution is 5.93. The fourth-order valence-corrected chi connectivity index (χ4v) is 3.65. The second-order valence-corrected chi connectivity index (χ2v) is 7.34. The summed E-state index contributed by atoms with van der Waals surface area (Å²) in [7, 11) is 0. The summed E-state index contributed by atoms with van der Waals surface area (Å²) in [5.41, 5.74) is 4.88. The Balaban J connectivity index is 1.33. The molecule has 0 bridgehead atoms. The molecule has 2 heterocycles. The van der Waals surface area contributed by atoms with Gasteiger partial charge in [-0.1, -0.05) is 36.4 Å². The van der Waals surface area contributed by atoms with E-state index in [2.05, 4.69) is 22.4 Å². The highest BCUT2D eigenvalue weighted by atomic mass is 16.2. The van der Waals surface area contributed by atoms with E-state index in [-0.39, 0.29) is 5.91 Å². The molecule has 2 N–H and O–H groups in total. The molecule has 5 heteroatoms. The second-order valence-electron chi connectivity index (χ2n) is 7.34. The molecule has 28 heavy (non-hydrogen) atoms. The molecule has 4 aromatic rings. The fraction of sp³-hybridized carbons (Fsp3) is 0.217. The largest absolute Gasteiger partial charge is 0.361 e. The number of fused-ring (bicyclic) bond motifs is 1. The number of aromatic nitrogens is 3. The summed E-state index contributed by atoms with van der Waals surface area (Å²) < 4.78 is 1.77. The number of amides is 1. The maximum Gasteiger partial charge on any atom is 0.270 e. The topological polar surface area (TPSA) is 62.7 Å². The Morgan fingerprint density at radius 3 is 2.71 bits per heavy atom. The average Bonchev–Trinajstić information content (AvgIpc) is 3.36. The van der Waals surface area contributed by atoms with Crippen molar-refractivity contribution in [1.29, 1.82) is 0 Å². The van der Waals surface area contributed by atoms with Crippen LogP contribution in [0, 0.1) is 0 Å². The number of carbonyl (C=O) groups is 1.